The summed E-state index contributed by atoms with van der Waals surface area (Å²) in [5.41, 5.74) is 4.17. The fourth-order valence-electron chi connectivity index (χ4n) is 2.63. The maximum Gasteiger partial charge on any atom is 0.261 e. The molecule has 1 heterocycles. The zero-order chi connectivity index (χ0) is 19.4. The second-order valence-corrected chi connectivity index (χ2v) is 6.62. The van der Waals surface area contributed by atoms with Crippen molar-refractivity contribution in [3.63, 3.8) is 0 Å². The molecule has 0 saturated carbocycles. The third kappa shape index (κ3) is 4.73. The summed E-state index contributed by atoms with van der Waals surface area (Å²) in [7, 11) is 0. The summed E-state index contributed by atoms with van der Waals surface area (Å²) in [5.74, 6) is 1.30. The van der Waals surface area contributed by atoms with Gasteiger partial charge in [0.1, 0.15) is 5.75 Å². The highest BCUT2D eigenvalue weighted by molar-refractivity contribution is 5.80. The smallest absolute Gasteiger partial charge is 0.261 e. The van der Waals surface area contributed by atoms with Gasteiger partial charge in [-0.2, -0.15) is 4.98 Å². The Morgan fingerprint density at radius 3 is 2.52 bits per heavy atom. The number of carbonyl (C=O) groups is 1. The van der Waals surface area contributed by atoms with E-state index in [1.165, 1.54) is 0 Å². The molecule has 6 nitrogen and oxygen atoms in total. The van der Waals surface area contributed by atoms with Crippen LogP contribution in [0, 0.1) is 20.8 Å². The van der Waals surface area contributed by atoms with Crippen LogP contribution in [-0.4, -0.2) is 22.2 Å². The molecule has 0 spiro atoms. The van der Waals surface area contributed by atoms with Crippen LogP contribution in [0.25, 0.3) is 11.4 Å². The highest BCUT2D eigenvalue weighted by atomic mass is 16.5. The van der Waals surface area contributed by atoms with E-state index in [9.17, 15) is 4.79 Å². The predicted octanol–water partition coefficient (Wildman–Crippen LogP) is 3.75. The molecule has 3 rings (SSSR count). The van der Waals surface area contributed by atoms with Crippen LogP contribution in [-0.2, 0) is 11.3 Å². The van der Waals surface area contributed by atoms with Crippen LogP contribution < -0.4 is 10.1 Å². The van der Waals surface area contributed by atoms with Gasteiger partial charge in [0.25, 0.3) is 5.91 Å². The second kappa shape index (κ2) is 8.03. The highest BCUT2D eigenvalue weighted by Gasteiger charge is 2.17. The molecular formula is C21H23N3O3. The topological polar surface area (TPSA) is 77.2 Å². The molecule has 0 fully saturated rings. The van der Waals surface area contributed by atoms with E-state index in [1.54, 1.807) is 6.92 Å². The molecule has 0 saturated heterocycles. The summed E-state index contributed by atoms with van der Waals surface area (Å²) in [6, 6.07) is 13.7. The lowest BCUT2D eigenvalue weighted by Gasteiger charge is -2.16. The number of carbonyl (C=O) groups excluding carboxylic acids is 1. The summed E-state index contributed by atoms with van der Waals surface area (Å²) < 4.78 is 11.0. The van der Waals surface area contributed by atoms with Gasteiger partial charge in [-0.15, -0.1) is 0 Å². The van der Waals surface area contributed by atoms with Gasteiger partial charge >= 0.3 is 0 Å². The van der Waals surface area contributed by atoms with Crippen LogP contribution in [0.2, 0.25) is 0 Å². The van der Waals surface area contributed by atoms with E-state index in [2.05, 4.69) is 15.5 Å². The van der Waals surface area contributed by atoms with Crippen molar-refractivity contribution in [2.45, 2.75) is 40.3 Å². The minimum Gasteiger partial charge on any atom is -0.481 e. The van der Waals surface area contributed by atoms with Crippen LogP contribution in [0.3, 0.4) is 0 Å². The Balaban J connectivity index is 1.56. The van der Waals surface area contributed by atoms with E-state index in [0.29, 0.717) is 17.5 Å². The predicted molar refractivity (Wildman–Crippen MR) is 102 cm³/mol. The van der Waals surface area contributed by atoms with Crippen molar-refractivity contribution in [3.8, 4) is 17.1 Å². The Kier molecular flexibility index (Phi) is 5.54. The molecule has 0 unspecified atom stereocenters. The van der Waals surface area contributed by atoms with E-state index in [0.717, 1.165) is 22.3 Å². The molecule has 2 aromatic carbocycles. The molecule has 1 amide bonds. The monoisotopic (exact) mass is 365 g/mol. The summed E-state index contributed by atoms with van der Waals surface area (Å²) in [6.45, 7) is 7.85. The molecule has 0 aliphatic carbocycles. The minimum absolute atomic E-state index is 0.151. The summed E-state index contributed by atoms with van der Waals surface area (Å²) >= 11 is 0. The van der Waals surface area contributed by atoms with E-state index >= 15 is 0 Å². The summed E-state index contributed by atoms with van der Waals surface area (Å²) in [5, 5.41) is 6.72. The Morgan fingerprint density at radius 1 is 1.11 bits per heavy atom. The SMILES string of the molecule is Cc1ccc(-c2noc(CNC(=O)[C@@H](C)Oc3ccc(C)cc3C)n2)cc1. The van der Waals surface area contributed by atoms with Crippen LogP contribution in [0.1, 0.15) is 29.5 Å². The molecular weight excluding hydrogens is 342 g/mol. The van der Waals surface area contributed by atoms with Crippen molar-refractivity contribution in [1.82, 2.24) is 15.5 Å². The zero-order valence-electron chi connectivity index (χ0n) is 15.9. The summed E-state index contributed by atoms with van der Waals surface area (Å²) in [6.07, 6.45) is -0.633. The van der Waals surface area contributed by atoms with Gasteiger partial charge in [-0.3, -0.25) is 4.79 Å². The number of benzene rings is 2. The van der Waals surface area contributed by atoms with Gasteiger partial charge in [0, 0.05) is 5.56 Å². The number of nitrogens with zero attached hydrogens (tertiary/aromatic N) is 2. The fraction of sp³-hybridized carbons (Fsp3) is 0.286. The fourth-order valence-corrected chi connectivity index (χ4v) is 2.63. The molecule has 1 N–H and O–H groups in total. The number of hydrogen-bond acceptors (Lipinski definition) is 5. The van der Waals surface area contributed by atoms with Gasteiger partial charge in [-0.05, 0) is 39.3 Å². The molecule has 1 aromatic heterocycles. The largest absolute Gasteiger partial charge is 0.481 e. The normalized spacial score (nSPS) is 11.9. The van der Waals surface area contributed by atoms with Crippen molar-refractivity contribution in [2.24, 2.45) is 0 Å². The van der Waals surface area contributed by atoms with Gasteiger partial charge in [0.05, 0.1) is 6.54 Å². The third-order valence-electron chi connectivity index (χ3n) is 4.20. The number of nitrogens with one attached hydrogen (secondary N) is 1. The molecule has 0 aliphatic heterocycles. The lowest BCUT2D eigenvalue weighted by molar-refractivity contribution is -0.127. The Labute approximate surface area is 158 Å². The maximum absolute atomic E-state index is 12.3. The van der Waals surface area contributed by atoms with Gasteiger partial charge < -0.3 is 14.6 Å². The molecule has 0 bridgehead atoms. The van der Waals surface area contributed by atoms with E-state index < -0.39 is 6.10 Å². The van der Waals surface area contributed by atoms with Crippen molar-refractivity contribution in [2.75, 3.05) is 0 Å². The van der Waals surface area contributed by atoms with Gasteiger partial charge in [-0.25, -0.2) is 0 Å². The molecule has 0 radical (unpaired) electrons. The Morgan fingerprint density at radius 2 is 1.81 bits per heavy atom. The molecule has 1 atom stereocenters. The number of rotatable bonds is 6. The lowest BCUT2D eigenvalue weighted by Crippen LogP contribution is -2.36. The van der Waals surface area contributed by atoms with Crippen molar-refractivity contribution < 1.29 is 14.1 Å². The number of hydrogen-bond donors (Lipinski definition) is 1. The second-order valence-electron chi connectivity index (χ2n) is 6.62. The molecule has 140 valence electrons. The number of aromatic nitrogens is 2. The maximum atomic E-state index is 12.3. The standard InChI is InChI=1S/C21H23N3O3/c1-13-5-8-17(9-6-13)20-23-19(27-24-20)12-22-21(25)16(4)26-18-10-7-14(2)11-15(18)3/h5-11,16H,12H2,1-4H3,(H,22,25)/t16-/m1/s1. The average molecular weight is 365 g/mol. The van der Waals surface area contributed by atoms with Gasteiger partial charge in [0.15, 0.2) is 6.10 Å². The van der Waals surface area contributed by atoms with Crippen LogP contribution in [0.5, 0.6) is 5.75 Å². The van der Waals surface area contributed by atoms with Crippen LogP contribution in [0.15, 0.2) is 47.0 Å². The first-order valence-corrected chi connectivity index (χ1v) is 8.83. The lowest BCUT2D eigenvalue weighted by atomic mass is 10.1. The van der Waals surface area contributed by atoms with E-state index in [1.807, 2.05) is 63.2 Å². The highest BCUT2D eigenvalue weighted by Crippen LogP contribution is 2.20. The average Bonchev–Trinajstić information content (AvgIpc) is 3.11. The first-order valence-electron chi connectivity index (χ1n) is 8.83. The van der Waals surface area contributed by atoms with Gasteiger partial charge in [-0.1, -0.05) is 52.7 Å². The zero-order valence-corrected chi connectivity index (χ0v) is 15.9. The number of amides is 1. The quantitative estimate of drug-likeness (QED) is 0.720. The minimum atomic E-state index is -0.633. The number of ether oxygens (including phenoxy) is 1. The molecule has 27 heavy (non-hydrogen) atoms. The van der Waals surface area contributed by atoms with Crippen molar-refractivity contribution >= 4 is 5.91 Å². The van der Waals surface area contributed by atoms with Crippen LogP contribution >= 0.6 is 0 Å². The Bertz CT molecular complexity index is 932. The molecule has 0 aliphatic rings. The summed E-state index contributed by atoms with van der Waals surface area (Å²) in [4.78, 5) is 16.6. The molecule has 6 heteroatoms. The van der Waals surface area contributed by atoms with E-state index in [-0.39, 0.29) is 12.5 Å². The van der Waals surface area contributed by atoms with Crippen molar-refractivity contribution in [3.05, 3.63) is 65.0 Å². The van der Waals surface area contributed by atoms with Crippen molar-refractivity contribution in [1.29, 1.82) is 0 Å². The number of aryl methyl sites for hydroxylation is 3. The van der Waals surface area contributed by atoms with Crippen LogP contribution in [0.4, 0.5) is 0 Å². The molecule has 3 aromatic rings. The first-order chi connectivity index (χ1) is 12.9. The third-order valence-corrected chi connectivity index (χ3v) is 4.20. The van der Waals surface area contributed by atoms with Gasteiger partial charge in [0.2, 0.25) is 11.7 Å². The first kappa shape index (κ1) is 18.6. The van der Waals surface area contributed by atoms with E-state index in [4.69, 9.17) is 9.26 Å². The Hall–Kier alpha value is -3.15.